The lowest BCUT2D eigenvalue weighted by molar-refractivity contribution is -0.133. The molecule has 18 heavy (non-hydrogen) atoms. The van der Waals surface area contributed by atoms with Gasteiger partial charge in [-0.3, -0.25) is 9.69 Å². The Kier molecular flexibility index (Phi) is 3.85. The average Bonchev–Trinajstić information content (AvgIpc) is 3.18. The molecule has 4 nitrogen and oxygen atoms in total. The van der Waals surface area contributed by atoms with Gasteiger partial charge in [-0.05, 0) is 51.1 Å². The van der Waals surface area contributed by atoms with Crippen molar-refractivity contribution < 1.29 is 4.79 Å². The maximum absolute atomic E-state index is 12.4. The van der Waals surface area contributed by atoms with E-state index >= 15 is 0 Å². The van der Waals surface area contributed by atoms with Crippen molar-refractivity contribution in [3.8, 4) is 0 Å². The summed E-state index contributed by atoms with van der Waals surface area (Å²) in [5.41, 5.74) is 0. The first kappa shape index (κ1) is 12.4. The van der Waals surface area contributed by atoms with E-state index in [1.165, 1.54) is 32.1 Å². The van der Waals surface area contributed by atoms with Crippen LogP contribution in [0.5, 0.6) is 0 Å². The molecule has 0 radical (unpaired) electrons. The average molecular weight is 251 g/mol. The van der Waals surface area contributed by atoms with Crippen LogP contribution in [0.3, 0.4) is 0 Å². The van der Waals surface area contributed by atoms with Gasteiger partial charge < -0.3 is 10.2 Å². The van der Waals surface area contributed by atoms with Crippen LogP contribution in [0.1, 0.15) is 32.1 Å². The molecule has 3 fully saturated rings. The number of nitrogens with one attached hydrogen (secondary N) is 1. The Morgan fingerprint density at radius 3 is 2.72 bits per heavy atom. The predicted molar refractivity (Wildman–Crippen MR) is 71.4 cm³/mol. The molecule has 2 aliphatic carbocycles. The first-order valence-electron chi connectivity index (χ1n) is 7.55. The van der Waals surface area contributed by atoms with Crippen molar-refractivity contribution in [2.45, 2.75) is 38.1 Å². The van der Waals surface area contributed by atoms with Crippen molar-refractivity contribution in [2.24, 2.45) is 5.92 Å². The summed E-state index contributed by atoms with van der Waals surface area (Å²) in [5.74, 6) is 1.20. The minimum atomic E-state index is 0.381. The Morgan fingerprint density at radius 2 is 2.00 bits per heavy atom. The SMILES string of the molecule is O=C(CN1CCCNCC1)N(CC1CC1)C1CC1. The van der Waals surface area contributed by atoms with E-state index in [1.807, 2.05) is 0 Å². The third-order valence-electron chi connectivity index (χ3n) is 4.25. The van der Waals surface area contributed by atoms with Crippen LogP contribution in [-0.2, 0) is 4.79 Å². The highest BCUT2D eigenvalue weighted by atomic mass is 16.2. The van der Waals surface area contributed by atoms with E-state index in [2.05, 4.69) is 15.1 Å². The van der Waals surface area contributed by atoms with Crippen molar-refractivity contribution >= 4 is 5.91 Å². The molecule has 1 saturated heterocycles. The molecule has 4 heteroatoms. The molecule has 0 atom stereocenters. The van der Waals surface area contributed by atoms with Crippen LogP contribution in [0.15, 0.2) is 0 Å². The molecule has 1 amide bonds. The Morgan fingerprint density at radius 1 is 1.17 bits per heavy atom. The molecule has 1 N–H and O–H groups in total. The van der Waals surface area contributed by atoms with Gasteiger partial charge in [0.05, 0.1) is 6.54 Å². The molecule has 3 rings (SSSR count). The zero-order valence-electron chi connectivity index (χ0n) is 11.2. The molecular formula is C14H25N3O. The Hall–Kier alpha value is -0.610. The summed E-state index contributed by atoms with van der Waals surface area (Å²) in [4.78, 5) is 16.9. The van der Waals surface area contributed by atoms with E-state index in [1.54, 1.807) is 0 Å². The third-order valence-corrected chi connectivity index (χ3v) is 4.25. The molecule has 0 aromatic carbocycles. The monoisotopic (exact) mass is 251 g/mol. The van der Waals surface area contributed by atoms with Crippen molar-refractivity contribution in [3.05, 3.63) is 0 Å². The molecule has 1 aliphatic heterocycles. The standard InChI is InChI=1S/C14H25N3O/c18-14(11-16-8-1-6-15-7-9-16)17(13-4-5-13)10-12-2-3-12/h12-13,15H,1-11H2. The molecular weight excluding hydrogens is 226 g/mol. The van der Waals surface area contributed by atoms with Gasteiger partial charge in [-0.1, -0.05) is 0 Å². The number of hydrogen-bond acceptors (Lipinski definition) is 3. The first-order chi connectivity index (χ1) is 8.83. The van der Waals surface area contributed by atoms with Gasteiger partial charge in [-0.2, -0.15) is 0 Å². The molecule has 0 aromatic rings. The zero-order chi connectivity index (χ0) is 12.4. The van der Waals surface area contributed by atoms with Gasteiger partial charge in [0.1, 0.15) is 0 Å². The molecule has 102 valence electrons. The fourth-order valence-electron chi connectivity index (χ4n) is 2.76. The fourth-order valence-corrected chi connectivity index (χ4v) is 2.76. The molecule has 0 bridgehead atoms. The fraction of sp³-hybridized carbons (Fsp3) is 0.929. The zero-order valence-corrected chi connectivity index (χ0v) is 11.2. The quantitative estimate of drug-likeness (QED) is 0.780. The lowest BCUT2D eigenvalue weighted by Crippen LogP contribution is -2.43. The van der Waals surface area contributed by atoms with Crippen LogP contribution in [0, 0.1) is 5.92 Å². The normalized spacial score (nSPS) is 25.8. The van der Waals surface area contributed by atoms with Crippen molar-refractivity contribution in [1.29, 1.82) is 0 Å². The Labute approximate surface area is 110 Å². The topological polar surface area (TPSA) is 35.6 Å². The van der Waals surface area contributed by atoms with E-state index in [0.717, 1.165) is 38.6 Å². The summed E-state index contributed by atoms with van der Waals surface area (Å²) in [7, 11) is 0. The summed E-state index contributed by atoms with van der Waals surface area (Å²) in [6.07, 6.45) is 6.31. The molecule has 0 aromatic heterocycles. The number of hydrogen-bond donors (Lipinski definition) is 1. The number of amides is 1. The smallest absolute Gasteiger partial charge is 0.237 e. The van der Waals surface area contributed by atoms with Gasteiger partial charge in [-0.15, -0.1) is 0 Å². The molecule has 3 aliphatic rings. The van der Waals surface area contributed by atoms with E-state index in [9.17, 15) is 4.79 Å². The second-order valence-electron chi connectivity index (χ2n) is 6.10. The molecule has 0 unspecified atom stereocenters. The maximum atomic E-state index is 12.4. The number of nitrogens with zero attached hydrogens (tertiary/aromatic N) is 2. The summed E-state index contributed by atoms with van der Waals surface area (Å²) in [5, 5.41) is 3.39. The van der Waals surface area contributed by atoms with Crippen LogP contribution in [0.4, 0.5) is 0 Å². The third kappa shape index (κ3) is 3.45. The number of rotatable bonds is 5. The second kappa shape index (κ2) is 5.57. The van der Waals surface area contributed by atoms with E-state index < -0.39 is 0 Å². The van der Waals surface area contributed by atoms with Crippen LogP contribution in [0.2, 0.25) is 0 Å². The van der Waals surface area contributed by atoms with Crippen LogP contribution >= 0.6 is 0 Å². The minimum absolute atomic E-state index is 0.381. The largest absolute Gasteiger partial charge is 0.338 e. The second-order valence-corrected chi connectivity index (χ2v) is 6.10. The summed E-state index contributed by atoms with van der Waals surface area (Å²) in [6.45, 7) is 5.90. The first-order valence-corrected chi connectivity index (χ1v) is 7.55. The molecule has 0 spiro atoms. The van der Waals surface area contributed by atoms with Gasteiger partial charge in [0, 0.05) is 25.7 Å². The van der Waals surface area contributed by atoms with Gasteiger partial charge in [0.2, 0.25) is 5.91 Å². The van der Waals surface area contributed by atoms with Gasteiger partial charge in [-0.25, -0.2) is 0 Å². The van der Waals surface area contributed by atoms with Crippen molar-refractivity contribution in [2.75, 3.05) is 39.3 Å². The Bertz CT molecular complexity index is 291. The predicted octanol–water partition coefficient (Wildman–Crippen LogP) is 0.683. The molecule has 2 saturated carbocycles. The highest BCUT2D eigenvalue weighted by Crippen LogP contribution is 2.34. The van der Waals surface area contributed by atoms with E-state index in [-0.39, 0.29) is 0 Å². The van der Waals surface area contributed by atoms with E-state index in [0.29, 0.717) is 18.5 Å². The van der Waals surface area contributed by atoms with Crippen LogP contribution in [0.25, 0.3) is 0 Å². The van der Waals surface area contributed by atoms with Crippen molar-refractivity contribution in [1.82, 2.24) is 15.1 Å². The molecule has 1 heterocycles. The maximum Gasteiger partial charge on any atom is 0.237 e. The van der Waals surface area contributed by atoms with Gasteiger partial charge in [0.15, 0.2) is 0 Å². The highest BCUT2D eigenvalue weighted by Gasteiger charge is 2.36. The highest BCUT2D eigenvalue weighted by molar-refractivity contribution is 5.79. The van der Waals surface area contributed by atoms with Crippen LogP contribution in [-0.4, -0.2) is 61.0 Å². The summed E-state index contributed by atoms with van der Waals surface area (Å²) < 4.78 is 0. The summed E-state index contributed by atoms with van der Waals surface area (Å²) in [6, 6.07) is 0.586. The van der Waals surface area contributed by atoms with Gasteiger partial charge in [0.25, 0.3) is 0 Å². The van der Waals surface area contributed by atoms with Crippen LogP contribution < -0.4 is 5.32 Å². The number of carbonyl (C=O) groups is 1. The summed E-state index contributed by atoms with van der Waals surface area (Å²) >= 11 is 0. The minimum Gasteiger partial charge on any atom is -0.338 e. The number of carbonyl (C=O) groups excluding carboxylic acids is 1. The van der Waals surface area contributed by atoms with E-state index in [4.69, 9.17) is 0 Å². The van der Waals surface area contributed by atoms with Crippen molar-refractivity contribution in [3.63, 3.8) is 0 Å². The lowest BCUT2D eigenvalue weighted by atomic mass is 10.3. The van der Waals surface area contributed by atoms with Gasteiger partial charge >= 0.3 is 0 Å². The Balaban J connectivity index is 1.50. The lowest BCUT2D eigenvalue weighted by Gasteiger charge is -2.26.